The van der Waals surface area contributed by atoms with Crippen LogP contribution in [0.1, 0.15) is 78.6 Å². The lowest BCUT2D eigenvalue weighted by Crippen LogP contribution is -2.54. The fourth-order valence-electron chi connectivity index (χ4n) is 7.61. The van der Waals surface area contributed by atoms with Gasteiger partial charge in [0.15, 0.2) is 0 Å². The summed E-state index contributed by atoms with van der Waals surface area (Å²) in [6.45, 7) is 7.52. The standard InChI is InChI=1S/C21H35N/c1-4-14-6-8-18-17-7-5-15-13-16(22)9-11-21(15,3)19(17)10-12-20(14,18)2/h4,15-19H,5-13,22H2,1-3H3/b14-4-. The second-order valence-corrected chi connectivity index (χ2v) is 9.50. The van der Waals surface area contributed by atoms with Crippen LogP contribution in [0.4, 0.5) is 0 Å². The molecule has 7 atom stereocenters. The van der Waals surface area contributed by atoms with Crippen LogP contribution >= 0.6 is 0 Å². The summed E-state index contributed by atoms with van der Waals surface area (Å²) in [5.74, 6) is 3.90. The molecule has 124 valence electrons. The summed E-state index contributed by atoms with van der Waals surface area (Å²) in [6.07, 6.45) is 15.2. The van der Waals surface area contributed by atoms with Crippen molar-refractivity contribution in [2.45, 2.75) is 84.6 Å². The first kappa shape index (κ1) is 15.2. The molecule has 0 aromatic rings. The molecule has 22 heavy (non-hydrogen) atoms. The highest BCUT2D eigenvalue weighted by molar-refractivity contribution is 5.23. The van der Waals surface area contributed by atoms with E-state index in [2.05, 4.69) is 26.8 Å². The topological polar surface area (TPSA) is 26.0 Å². The molecule has 4 saturated carbocycles. The van der Waals surface area contributed by atoms with E-state index in [1.54, 1.807) is 5.57 Å². The summed E-state index contributed by atoms with van der Waals surface area (Å²) >= 11 is 0. The molecule has 0 saturated heterocycles. The van der Waals surface area contributed by atoms with Gasteiger partial charge in [-0.25, -0.2) is 0 Å². The predicted molar refractivity (Wildman–Crippen MR) is 93.5 cm³/mol. The lowest BCUT2D eigenvalue weighted by molar-refractivity contribution is -0.0999. The Bertz CT molecular complexity index is 480. The Morgan fingerprint density at radius 2 is 1.82 bits per heavy atom. The van der Waals surface area contributed by atoms with Gasteiger partial charge < -0.3 is 5.73 Å². The van der Waals surface area contributed by atoms with Crippen molar-refractivity contribution in [3.63, 3.8) is 0 Å². The van der Waals surface area contributed by atoms with Gasteiger partial charge in [-0.15, -0.1) is 0 Å². The first-order valence-corrected chi connectivity index (χ1v) is 9.90. The molecular formula is C21H35N. The summed E-state index contributed by atoms with van der Waals surface area (Å²) in [4.78, 5) is 0. The molecule has 0 aromatic carbocycles. The van der Waals surface area contributed by atoms with Crippen LogP contribution < -0.4 is 5.73 Å². The van der Waals surface area contributed by atoms with Crippen molar-refractivity contribution in [2.75, 3.05) is 0 Å². The van der Waals surface area contributed by atoms with Crippen LogP contribution in [0.5, 0.6) is 0 Å². The Balaban J connectivity index is 1.63. The molecule has 1 nitrogen and oxygen atoms in total. The molecule has 0 radical (unpaired) electrons. The van der Waals surface area contributed by atoms with E-state index < -0.39 is 0 Å². The van der Waals surface area contributed by atoms with Gasteiger partial charge in [-0.05, 0) is 99.2 Å². The summed E-state index contributed by atoms with van der Waals surface area (Å²) in [6, 6.07) is 0.490. The molecule has 0 aliphatic heterocycles. The van der Waals surface area contributed by atoms with Gasteiger partial charge in [0, 0.05) is 6.04 Å². The molecule has 4 aliphatic rings. The maximum atomic E-state index is 6.30. The third kappa shape index (κ3) is 1.93. The quantitative estimate of drug-likeness (QED) is 0.603. The zero-order valence-corrected chi connectivity index (χ0v) is 14.9. The summed E-state index contributed by atoms with van der Waals surface area (Å²) in [5.41, 5.74) is 9.25. The largest absolute Gasteiger partial charge is 0.328 e. The number of hydrogen-bond donors (Lipinski definition) is 1. The van der Waals surface area contributed by atoms with Crippen molar-refractivity contribution in [2.24, 2.45) is 40.2 Å². The fraction of sp³-hybridized carbons (Fsp3) is 0.905. The molecule has 0 aromatic heterocycles. The van der Waals surface area contributed by atoms with Gasteiger partial charge in [-0.3, -0.25) is 0 Å². The molecule has 4 rings (SSSR count). The zero-order valence-electron chi connectivity index (χ0n) is 14.9. The highest BCUT2D eigenvalue weighted by atomic mass is 14.7. The van der Waals surface area contributed by atoms with Crippen molar-refractivity contribution in [3.05, 3.63) is 11.6 Å². The minimum Gasteiger partial charge on any atom is -0.328 e. The molecule has 0 amide bonds. The number of fused-ring (bicyclic) bond motifs is 5. The SMILES string of the molecule is C/C=C1/CCC2C3CCC4CC(N)CCC4(C)C3CCC12C. The van der Waals surface area contributed by atoms with Gasteiger partial charge in [-0.2, -0.15) is 0 Å². The summed E-state index contributed by atoms with van der Waals surface area (Å²) in [5, 5.41) is 0. The van der Waals surface area contributed by atoms with Gasteiger partial charge in [0.05, 0.1) is 0 Å². The highest BCUT2D eigenvalue weighted by Crippen LogP contribution is 2.67. The molecule has 0 heterocycles. The van der Waals surface area contributed by atoms with Crippen molar-refractivity contribution in [3.8, 4) is 0 Å². The van der Waals surface area contributed by atoms with Gasteiger partial charge >= 0.3 is 0 Å². The smallest absolute Gasteiger partial charge is 0.00418 e. The van der Waals surface area contributed by atoms with Crippen LogP contribution in [-0.4, -0.2) is 6.04 Å². The van der Waals surface area contributed by atoms with Gasteiger partial charge in [0.2, 0.25) is 0 Å². The molecule has 0 spiro atoms. The average Bonchev–Trinajstić information content (AvgIpc) is 2.84. The molecular weight excluding hydrogens is 266 g/mol. The van der Waals surface area contributed by atoms with Crippen molar-refractivity contribution in [1.29, 1.82) is 0 Å². The van der Waals surface area contributed by atoms with Crippen molar-refractivity contribution in [1.82, 2.24) is 0 Å². The monoisotopic (exact) mass is 301 g/mol. The predicted octanol–water partition coefficient (Wildman–Crippen LogP) is 5.30. The van der Waals surface area contributed by atoms with Gasteiger partial charge in [0.25, 0.3) is 0 Å². The van der Waals surface area contributed by atoms with Crippen molar-refractivity contribution < 1.29 is 0 Å². The van der Waals surface area contributed by atoms with E-state index in [1.807, 2.05) is 0 Å². The maximum absolute atomic E-state index is 6.30. The lowest BCUT2D eigenvalue weighted by Gasteiger charge is -2.60. The third-order valence-electron chi connectivity index (χ3n) is 8.90. The van der Waals surface area contributed by atoms with E-state index in [9.17, 15) is 0 Å². The third-order valence-corrected chi connectivity index (χ3v) is 8.90. The average molecular weight is 302 g/mol. The molecule has 4 aliphatic carbocycles. The molecule has 2 N–H and O–H groups in total. The van der Waals surface area contributed by atoms with E-state index in [0.29, 0.717) is 16.9 Å². The van der Waals surface area contributed by atoms with E-state index in [4.69, 9.17) is 5.73 Å². The van der Waals surface area contributed by atoms with Gasteiger partial charge in [0.1, 0.15) is 0 Å². The number of hydrogen-bond acceptors (Lipinski definition) is 1. The first-order valence-electron chi connectivity index (χ1n) is 9.90. The Kier molecular flexibility index (Phi) is 3.53. The zero-order chi connectivity index (χ0) is 15.5. The maximum Gasteiger partial charge on any atom is 0.00418 e. The number of allylic oxidation sites excluding steroid dienone is 2. The molecule has 7 unspecified atom stereocenters. The molecule has 4 fully saturated rings. The van der Waals surface area contributed by atoms with E-state index >= 15 is 0 Å². The Morgan fingerprint density at radius 1 is 1.00 bits per heavy atom. The second kappa shape index (κ2) is 5.10. The van der Waals surface area contributed by atoms with Crippen LogP contribution in [0, 0.1) is 34.5 Å². The minimum absolute atomic E-state index is 0.490. The first-order chi connectivity index (χ1) is 10.5. The van der Waals surface area contributed by atoms with E-state index in [0.717, 1.165) is 23.7 Å². The normalized spacial score (nSPS) is 56.4. The van der Waals surface area contributed by atoms with Crippen LogP contribution in [0.15, 0.2) is 11.6 Å². The highest BCUT2D eigenvalue weighted by Gasteiger charge is 2.58. The lowest BCUT2D eigenvalue weighted by atomic mass is 9.45. The van der Waals surface area contributed by atoms with E-state index in [-0.39, 0.29) is 0 Å². The summed E-state index contributed by atoms with van der Waals surface area (Å²) in [7, 11) is 0. The summed E-state index contributed by atoms with van der Waals surface area (Å²) < 4.78 is 0. The van der Waals surface area contributed by atoms with Gasteiger partial charge in [-0.1, -0.05) is 25.5 Å². The minimum atomic E-state index is 0.490. The number of nitrogens with two attached hydrogens (primary N) is 1. The molecule has 0 bridgehead atoms. The van der Waals surface area contributed by atoms with Crippen molar-refractivity contribution >= 4 is 0 Å². The Morgan fingerprint density at radius 3 is 2.59 bits per heavy atom. The Hall–Kier alpha value is -0.300. The van der Waals surface area contributed by atoms with Crippen LogP contribution in [0.3, 0.4) is 0 Å². The van der Waals surface area contributed by atoms with Crippen LogP contribution in [0.25, 0.3) is 0 Å². The van der Waals surface area contributed by atoms with Crippen LogP contribution in [0.2, 0.25) is 0 Å². The van der Waals surface area contributed by atoms with Crippen LogP contribution in [-0.2, 0) is 0 Å². The Labute approximate surface area is 137 Å². The second-order valence-electron chi connectivity index (χ2n) is 9.50. The van der Waals surface area contributed by atoms with E-state index in [1.165, 1.54) is 57.8 Å². The number of rotatable bonds is 0. The molecule has 1 heteroatoms. The fourth-order valence-corrected chi connectivity index (χ4v) is 7.61.